The Kier molecular flexibility index (Phi) is 2.95. The van der Waals surface area contributed by atoms with Crippen LogP contribution in [0.2, 0.25) is 0 Å². The van der Waals surface area contributed by atoms with Gasteiger partial charge in [-0.25, -0.2) is 0 Å². The molecule has 6 rings (SSSR count). The molecule has 4 aliphatic rings. The summed E-state index contributed by atoms with van der Waals surface area (Å²) in [5, 5.41) is 21.6. The molecule has 24 heavy (non-hydrogen) atoms. The van der Waals surface area contributed by atoms with Gasteiger partial charge in [0, 0.05) is 48.4 Å². The van der Waals surface area contributed by atoms with Crippen molar-refractivity contribution in [2.75, 3.05) is 6.61 Å². The molecule has 0 spiro atoms. The second-order valence-corrected chi connectivity index (χ2v) is 7.67. The highest BCUT2D eigenvalue weighted by molar-refractivity contribution is 5.86. The molecule has 0 amide bonds. The third kappa shape index (κ3) is 1.65. The lowest BCUT2D eigenvalue weighted by atomic mass is 9.65. The van der Waals surface area contributed by atoms with Crippen LogP contribution in [0.5, 0.6) is 0 Å². The lowest BCUT2D eigenvalue weighted by Crippen LogP contribution is -2.57. The maximum atomic E-state index is 10.2. The van der Waals surface area contributed by atoms with Crippen LogP contribution >= 0.6 is 0 Å². The highest BCUT2D eigenvalue weighted by Gasteiger charge is 2.52. The van der Waals surface area contributed by atoms with E-state index in [-0.39, 0.29) is 12.5 Å². The first-order valence-electron chi connectivity index (χ1n) is 8.96. The van der Waals surface area contributed by atoms with E-state index < -0.39 is 6.10 Å². The molecular formula is C20H24N2O2. The molecule has 2 aromatic rings. The van der Waals surface area contributed by atoms with Crippen LogP contribution in [0, 0.1) is 11.8 Å². The first-order valence-corrected chi connectivity index (χ1v) is 8.96. The fraction of sp³-hybridized carbons (Fsp3) is 0.500. The molecule has 0 radical (unpaired) electrons. The van der Waals surface area contributed by atoms with Crippen molar-refractivity contribution in [3.8, 4) is 0 Å². The van der Waals surface area contributed by atoms with Gasteiger partial charge in [0.05, 0.1) is 12.1 Å². The molecule has 1 saturated heterocycles. The number of piperidine rings is 1. The Morgan fingerprint density at radius 3 is 2.83 bits per heavy atom. The molecule has 5 atom stereocenters. The second-order valence-electron chi connectivity index (χ2n) is 7.67. The zero-order valence-electron chi connectivity index (χ0n) is 14.2. The number of para-hydroxylation sites is 1. The van der Waals surface area contributed by atoms with Gasteiger partial charge >= 0.3 is 0 Å². The maximum Gasteiger partial charge on any atom is 0.0741 e. The lowest BCUT2D eigenvalue weighted by Gasteiger charge is -2.57. The van der Waals surface area contributed by atoms with Crippen LogP contribution in [0.4, 0.5) is 0 Å². The predicted molar refractivity (Wildman–Crippen MR) is 93.4 cm³/mol. The van der Waals surface area contributed by atoms with E-state index in [9.17, 15) is 10.2 Å². The third-order valence-electron chi connectivity index (χ3n) is 6.64. The van der Waals surface area contributed by atoms with Crippen LogP contribution in [0.15, 0.2) is 36.0 Å². The van der Waals surface area contributed by atoms with E-state index in [2.05, 4.69) is 47.0 Å². The van der Waals surface area contributed by atoms with Gasteiger partial charge < -0.3 is 19.7 Å². The minimum atomic E-state index is -0.431. The molecule has 1 aromatic heterocycles. The van der Waals surface area contributed by atoms with Crippen molar-refractivity contribution in [3.63, 3.8) is 0 Å². The van der Waals surface area contributed by atoms with Gasteiger partial charge in [-0.2, -0.15) is 0 Å². The topological polar surface area (TPSA) is 48.6 Å². The van der Waals surface area contributed by atoms with E-state index in [0.717, 1.165) is 18.4 Å². The summed E-state index contributed by atoms with van der Waals surface area (Å²) >= 11 is 0. The van der Waals surface area contributed by atoms with Crippen molar-refractivity contribution in [2.24, 2.45) is 18.9 Å². The molecule has 4 nitrogen and oxygen atoms in total. The monoisotopic (exact) mass is 324 g/mol. The number of aryl methyl sites for hydroxylation is 1. The van der Waals surface area contributed by atoms with Crippen molar-refractivity contribution < 1.29 is 10.2 Å². The Hall–Kier alpha value is -1.78. The molecular weight excluding hydrogens is 300 g/mol. The average molecular weight is 324 g/mol. The minimum Gasteiger partial charge on any atom is -0.396 e. The first-order chi connectivity index (χ1) is 11.6. The summed E-state index contributed by atoms with van der Waals surface area (Å²) in [6.45, 7) is 2.04. The van der Waals surface area contributed by atoms with Crippen molar-refractivity contribution in [1.82, 2.24) is 9.47 Å². The molecule has 126 valence electrons. The number of hydrogen-bond acceptors (Lipinski definition) is 3. The van der Waals surface area contributed by atoms with Crippen LogP contribution in [0.3, 0.4) is 0 Å². The maximum absolute atomic E-state index is 10.2. The Bertz CT molecular complexity index is 851. The SMILES string of the molecule is C[C@@H](O)C1=CN2[C@H]3C[C@@H]1[C@H](CO)[C@@H]2Cc1c3n(C)c2ccccc12. The van der Waals surface area contributed by atoms with E-state index in [4.69, 9.17) is 0 Å². The summed E-state index contributed by atoms with van der Waals surface area (Å²) in [6, 6.07) is 9.37. The highest BCUT2D eigenvalue weighted by Crippen LogP contribution is 2.54. The summed E-state index contributed by atoms with van der Waals surface area (Å²) in [5.41, 5.74) is 5.29. The van der Waals surface area contributed by atoms with Gasteiger partial charge in [-0.05, 0) is 42.9 Å². The van der Waals surface area contributed by atoms with Gasteiger partial charge in [0.25, 0.3) is 0 Å². The van der Waals surface area contributed by atoms with Gasteiger partial charge in [-0.1, -0.05) is 18.2 Å². The Labute approximate surface area is 142 Å². The molecule has 4 heteroatoms. The van der Waals surface area contributed by atoms with Gasteiger partial charge in [-0.15, -0.1) is 0 Å². The summed E-state index contributed by atoms with van der Waals surface area (Å²) in [4.78, 5) is 2.43. The van der Waals surface area contributed by atoms with Gasteiger partial charge in [0.1, 0.15) is 0 Å². The van der Waals surface area contributed by atoms with Crippen molar-refractivity contribution >= 4 is 10.9 Å². The Balaban J connectivity index is 1.72. The lowest BCUT2D eigenvalue weighted by molar-refractivity contribution is -0.0223. The number of fused-ring (bicyclic) bond motifs is 3. The van der Waals surface area contributed by atoms with Crippen LogP contribution in [-0.2, 0) is 13.5 Å². The number of aromatic nitrogens is 1. The van der Waals surface area contributed by atoms with Crippen LogP contribution < -0.4 is 0 Å². The fourth-order valence-electron chi connectivity index (χ4n) is 5.61. The number of aliphatic hydroxyl groups excluding tert-OH is 2. The van der Waals surface area contributed by atoms with E-state index in [0.29, 0.717) is 18.0 Å². The normalized spacial score (nSPS) is 32.0. The molecule has 4 bridgehead atoms. The van der Waals surface area contributed by atoms with Crippen molar-refractivity contribution in [2.45, 2.75) is 38.0 Å². The first kappa shape index (κ1) is 14.6. The number of rotatable bonds is 2. The van der Waals surface area contributed by atoms with Gasteiger partial charge in [0.15, 0.2) is 0 Å². The summed E-state index contributed by atoms with van der Waals surface area (Å²) in [7, 11) is 2.17. The van der Waals surface area contributed by atoms with Crippen molar-refractivity contribution in [1.29, 1.82) is 0 Å². The summed E-state index contributed by atoms with van der Waals surface area (Å²) < 4.78 is 2.36. The van der Waals surface area contributed by atoms with Crippen LogP contribution in [0.1, 0.15) is 30.6 Å². The summed E-state index contributed by atoms with van der Waals surface area (Å²) in [5.74, 6) is 0.518. The Morgan fingerprint density at radius 2 is 2.08 bits per heavy atom. The fourth-order valence-corrected chi connectivity index (χ4v) is 5.61. The van der Waals surface area contributed by atoms with Crippen molar-refractivity contribution in [3.05, 3.63) is 47.3 Å². The number of hydrogen-bond donors (Lipinski definition) is 2. The third-order valence-corrected chi connectivity index (χ3v) is 6.64. The number of benzene rings is 1. The second kappa shape index (κ2) is 4.87. The largest absolute Gasteiger partial charge is 0.396 e. The zero-order chi connectivity index (χ0) is 16.6. The quantitative estimate of drug-likeness (QED) is 0.891. The molecule has 5 heterocycles. The standard InChI is InChI=1S/C20H24N2O2/c1-11(24)15-9-22-18-8-14-12-5-3-4-6-17(12)21(2)20(14)19(22)7-13(15)16(18)10-23/h3-6,9,11,13,16,18-19,23-24H,7-8,10H2,1-2H3/t11-,13+,16+,18+,19+/m1/s1. The van der Waals surface area contributed by atoms with E-state index in [1.807, 2.05) is 6.92 Å². The predicted octanol–water partition coefficient (Wildman–Crippen LogP) is 2.35. The molecule has 0 aliphatic carbocycles. The number of aliphatic hydroxyl groups is 2. The average Bonchev–Trinajstić information content (AvgIpc) is 2.88. The molecule has 1 fully saturated rings. The molecule has 0 unspecified atom stereocenters. The number of nitrogens with zero attached hydrogens (tertiary/aromatic N) is 2. The van der Waals surface area contributed by atoms with E-state index in [1.54, 1.807) is 0 Å². The smallest absolute Gasteiger partial charge is 0.0741 e. The minimum absolute atomic E-state index is 0.197. The van der Waals surface area contributed by atoms with Gasteiger partial charge in [-0.3, -0.25) is 0 Å². The molecule has 2 N–H and O–H groups in total. The zero-order valence-corrected chi connectivity index (χ0v) is 14.2. The molecule has 0 saturated carbocycles. The van der Waals surface area contributed by atoms with Crippen LogP contribution in [-0.4, -0.2) is 38.4 Å². The van der Waals surface area contributed by atoms with E-state index in [1.165, 1.54) is 22.2 Å². The highest BCUT2D eigenvalue weighted by atomic mass is 16.3. The van der Waals surface area contributed by atoms with E-state index >= 15 is 0 Å². The summed E-state index contributed by atoms with van der Waals surface area (Å²) in [6.07, 6.45) is 3.74. The van der Waals surface area contributed by atoms with Gasteiger partial charge in [0.2, 0.25) is 0 Å². The van der Waals surface area contributed by atoms with Crippen LogP contribution in [0.25, 0.3) is 10.9 Å². The Morgan fingerprint density at radius 1 is 1.29 bits per heavy atom. The molecule has 4 aliphatic heterocycles. The molecule has 1 aromatic carbocycles.